The summed E-state index contributed by atoms with van der Waals surface area (Å²) >= 11 is 0. The van der Waals surface area contributed by atoms with Crippen molar-refractivity contribution in [1.82, 2.24) is 9.78 Å². The maximum Gasteiger partial charge on any atom is 1.00 e. The molecule has 0 aliphatic heterocycles. The Kier molecular flexibility index (Phi) is 10.8. The van der Waals surface area contributed by atoms with E-state index in [-0.39, 0.29) is 70.5 Å². The molecule has 0 radical (unpaired) electrons. The predicted octanol–water partition coefficient (Wildman–Crippen LogP) is -3.30. The van der Waals surface area contributed by atoms with Gasteiger partial charge in [-0.1, -0.05) is 36.4 Å². The Balaban J connectivity index is 0.00000253. The minimum atomic E-state index is -4.72. The van der Waals surface area contributed by atoms with E-state index in [1.807, 2.05) is 18.2 Å². The van der Waals surface area contributed by atoms with Crippen LogP contribution in [-0.4, -0.2) is 30.1 Å². The van der Waals surface area contributed by atoms with Crippen molar-refractivity contribution in [3.05, 3.63) is 78.5 Å². The van der Waals surface area contributed by atoms with Crippen LogP contribution >= 0.6 is 0 Å². The number of carboxylic acids is 1. The number of aromatic nitrogens is 2. The normalized spacial score (nSPS) is 12.0. The molecule has 0 fully saturated rings. The van der Waals surface area contributed by atoms with Crippen LogP contribution in [0.4, 0.5) is 13.2 Å². The number of aliphatic carboxylic acids is 1. The number of benzene rings is 3. The minimum absolute atomic E-state index is 0. The van der Waals surface area contributed by atoms with Crippen molar-refractivity contribution < 1.29 is 95.7 Å². The number of halogens is 3. The average molecular weight is 561 g/mol. The van der Waals surface area contributed by atoms with E-state index in [2.05, 4.69) is 9.50 Å². The van der Waals surface area contributed by atoms with Crippen LogP contribution in [0.2, 0.25) is 0 Å². The molecule has 4 rings (SSSR count). The number of carbonyl (C=O) groups excluding carboxylic acids is 1. The van der Waals surface area contributed by atoms with Gasteiger partial charge < -0.3 is 15.0 Å². The summed E-state index contributed by atoms with van der Waals surface area (Å²) < 4.78 is 69.3. The molecule has 186 valence electrons. The zero-order valence-electron chi connectivity index (χ0n) is 20.3. The van der Waals surface area contributed by atoms with Crippen molar-refractivity contribution >= 4 is 32.7 Å². The summed E-state index contributed by atoms with van der Waals surface area (Å²) in [6.07, 6.45) is -6.05. The summed E-state index contributed by atoms with van der Waals surface area (Å²) in [5.74, 6) is -2.69. The fourth-order valence-corrected chi connectivity index (χ4v) is 4.42. The van der Waals surface area contributed by atoms with E-state index in [1.54, 1.807) is 24.3 Å². The number of carboxylic acid groups (broad SMARTS) is 1. The Bertz CT molecular complexity index is 1590. The third kappa shape index (κ3) is 7.47. The second-order valence-corrected chi connectivity index (χ2v) is 9.32. The third-order valence-electron chi connectivity index (χ3n) is 5.19. The molecular weight excluding hydrogens is 545 g/mol. The molecule has 0 atom stereocenters. The van der Waals surface area contributed by atoms with E-state index in [0.717, 1.165) is 33.7 Å². The second-order valence-electron chi connectivity index (χ2n) is 7.71. The van der Waals surface area contributed by atoms with Crippen molar-refractivity contribution in [3.8, 4) is 16.9 Å². The Hall–Kier alpha value is -2.19. The molecule has 0 saturated heterocycles. The van der Waals surface area contributed by atoms with Gasteiger partial charge in [-0.3, -0.25) is 0 Å². The molecule has 3 aromatic carbocycles. The van der Waals surface area contributed by atoms with Crippen LogP contribution in [0.25, 0.3) is 27.7 Å². The summed E-state index contributed by atoms with van der Waals surface area (Å²) in [4.78, 5) is 10.0. The smallest absolute Gasteiger partial charge is 0.861 e. The molecule has 0 unspecified atom stereocenters. The van der Waals surface area contributed by atoms with Crippen LogP contribution in [0.15, 0.2) is 82.1 Å². The first-order valence-corrected chi connectivity index (χ1v) is 11.9. The van der Waals surface area contributed by atoms with Gasteiger partial charge in [-0.25, -0.2) is 4.68 Å². The molecular formula is C24H16F3N3Na2O5S. The Morgan fingerprint density at radius 3 is 2.13 bits per heavy atom. The number of nitrogens with zero attached hydrogens (tertiary/aromatic N) is 3. The van der Waals surface area contributed by atoms with Crippen molar-refractivity contribution in [2.45, 2.75) is 23.9 Å². The molecule has 0 aliphatic carbocycles. The van der Waals surface area contributed by atoms with E-state index in [0.29, 0.717) is 5.56 Å². The monoisotopic (exact) mass is 561 g/mol. The number of fused-ring (bicyclic) bond motifs is 1. The van der Waals surface area contributed by atoms with E-state index in [4.69, 9.17) is 0 Å². The fourth-order valence-electron chi connectivity index (χ4n) is 3.47. The SMILES string of the molecule is O=C([O-])CC/C([O-])=N/S(=O)(=O)c1ccc(-n2nc(C(F)(F)F)cc2-c2ccc3ccccc3c2)cc1.[Na+].[Na+]. The van der Waals surface area contributed by atoms with Crippen molar-refractivity contribution in [2.75, 3.05) is 0 Å². The van der Waals surface area contributed by atoms with Gasteiger partial charge in [0.2, 0.25) is 0 Å². The van der Waals surface area contributed by atoms with Gasteiger partial charge in [0.15, 0.2) is 5.69 Å². The number of rotatable bonds is 7. The summed E-state index contributed by atoms with van der Waals surface area (Å²) in [6, 6.07) is 18.0. The molecule has 0 bridgehead atoms. The van der Waals surface area contributed by atoms with Gasteiger partial charge in [-0.05, 0) is 65.9 Å². The van der Waals surface area contributed by atoms with Crippen LogP contribution < -0.4 is 69.3 Å². The van der Waals surface area contributed by atoms with Crippen LogP contribution in [0, 0.1) is 0 Å². The number of carbonyl (C=O) groups is 1. The minimum Gasteiger partial charge on any atom is -0.861 e. The first-order valence-electron chi connectivity index (χ1n) is 10.4. The zero-order chi connectivity index (χ0) is 26.1. The maximum atomic E-state index is 13.5. The van der Waals surface area contributed by atoms with Crippen LogP contribution in [0.3, 0.4) is 0 Å². The van der Waals surface area contributed by atoms with Crippen LogP contribution in [0.5, 0.6) is 0 Å². The predicted molar refractivity (Wildman–Crippen MR) is 120 cm³/mol. The van der Waals surface area contributed by atoms with Gasteiger partial charge in [-0.2, -0.15) is 31.1 Å². The van der Waals surface area contributed by atoms with Crippen LogP contribution in [-0.2, 0) is 21.0 Å². The first-order chi connectivity index (χ1) is 16.9. The van der Waals surface area contributed by atoms with Gasteiger partial charge in [0.1, 0.15) is 0 Å². The summed E-state index contributed by atoms with van der Waals surface area (Å²) in [5.41, 5.74) is -0.403. The number of hydrogen-bond donors (Lipinski definition) is 0. The summed E-state index contributed by atoms with van der Waals surface area (Å²) in [6.45, 7) is 0. The number of alkyl halides is 3. The Morgan fingerprint density at radius 2 is 1.53 bits per heavy atom. The first kappa shape index (κ1) is 32.0. The molecule has 0 spiro atoms. The van der Waals surface area contributed by atoms with Crippen molar-refractivity contribution in [3.63, 3.8) is 0 Å². The number of sulfonamides is 1. The molecule has 0 N–H and O–H groups in total. The average Bonchev–Trinajstić information content (AvgIpc) is 3.28. The third-order valence-corrected chi connectivity index (χ3v) is 6.50. The number of hydrogen-bond acceptors (Lipinski definition) is 6. The summed E-state index contributed by atoms with van der Waals surface area (Å²) in [7, 11) is -4.46. The molecule has 0 amide bonds. The van der Waals surface area contributed by atoms with E-state index >= 15 is 0 Å². The molecule has 4 aromatic rings. The molecule has 0 aliphatic rings. The van der Waals surface area contributed by atoms with Gasteiger partial charge in [-0.15, -0.1) is 0 Å². The van der Waals surface area contributed by atoms with Crippen molar-refractivity contribution in [2.24, 2.45) is 4.40 Å². The topological polar surface area (TPSA) is 128 Å². The molecule has 14 heteroatoms. The van der Waals surface area contributed by atoms with Gasteiger partial charge >= 0.3 is 65.3 Å². The fraction of sp³-hybridized carbons (Fsp3) is 0.125. The van der Waals surface area contributed by atoms with Crippen molar-refractivity contribution in [1.29, 1.82) is 0 Å². The molecule has 1 heterocycles. The molecule has 38 heavy (non-hydrogen) atoms. The summed E-state index contributed by atoms with van der Waals surface area (Å²) in [5, 5.41) is 27.5. The Morgan fingerprint density at radius 1 is 0.895 bits per heavy atom. The molecule has 1 aromatic heterocycles. The maximum absolute atomic E-state index is 13.5. The zero-order valence-corrected chi connectivity index (χ0v) is 25.1. The standard InChI is InChI=1S/C24H18F3N3O5S.2Na/c25-24(26,27)21-14-20(17-6-5-15-3-1-2-4-16(15)13-17)30(28-21)18-7-9-19(10-8-18)36(34,35)29-22(31)11-12-23(32)33;;/h1-10,13-14H,11-12H2,(H,29,31)(H,32,33);;/q;2*+1/p-2. The van der Waals surface area contributed by atoms with E-state index < -0.39 is 51.5 Å². The molecule has 8 nitrogen and oxygen atoms in total. The second kappa shape index (κ2) is 12.8. The van der Waals surface area contributed by atoms with Crippen LogP contribution in [0.1, 0.15) is 18.5 Å². The van der Waals surface area contributed by atoms with E-state index in [1.165, 1.54) is 12.1 Å². The Labute approximate surface area is 259 Å². The van der Waals surface area contributed by atoms with Gasteiger partial charge in [0.05, 0.1) is 16.3 Å². The molecule has 0 saturated carbocycles. The quantitative estimate of drug-likeness (QED) is 0.132. The van der Waals surface area contributed by atoms with Gasteiger partial charge in [0.25, 0.3) is 10.0 Å². The van der Waals surface area contributed by atoms with Gasteiger partial charge in [0, 0.05) is 11.5 Å². The van der Waals surface area contributed by atoms with E-state index in [9.17, 15) is 36.6 Å². The largest absolute Gasteiger partial charge is 1.00 e.